The number of fused-ring (bicyclic) bond motifs is 2. The van der Waals surface area contributed by atoms with Crippen molar-refractivity contribution in [2.45, 2.75) is 38.5 Å². The van der Waals surface area contributed by atoms with E-state index in [1.807, 2.05) is 0 Å². The SMILES string of the molecule is C1=Cc2cccc3c4c5c(c(c23)C1)=CCCC=5CCC4. The van der Waals surface area contributed by atoms with Crippen molar-refractivity contribution in [2.75, 3.05) is 0 Å². The number of allylic oxidation sites excluding steroid dienone is 1. The minimum absolute atomic E-state index is 1.11. The molecule has 0 nitrogen and oxygen atoms in total. The lowest BCUT2D eigenvalue weighted by Gasteiger charge is -2.25. The molecule has 0 radical (unpaired) electrons. The van der Waals surface area contributed by atoms with Crippen molar-refractivity contribution >= 4 is 28.5 Å². The van der Waals surface area contributed by atoms with Gasteiger partial charge >= 0.3 is 0 Å². The summed E-state index contributed by atoms with van der Waals surface area (Å²) >= 11 is 0. The van der Waals surface area contributed by atoms with E-state index in [1.54, 1.807) is 32.5 Å². The van der Waals surface area contributed by atoms with Crippen molar-refractivity contribution in [3.8, 4) is 0 Å². The third kappa shape index (κ3) is 1.27. The highest BCUT2D eigenvalue weighted by atomic mass is 14.2. The van der Waals surface area contributed by atoms with E-state index in [0.717, 1.165) is 6.42 Å². The molecule has 0 spiro atoms. The van der Waals surface area contributed by atoms with Gasteiger partial charge in [0.05, 0.1) is 0 Å². The van der Waals surface area contributed by atoms with Gasteiger partial charge in [-0.25, -0.2) is 0 Å². The number of hydrogen-bond acceptors (Lipinski definition) is 0. The van der Waals surface area contributed by atoms with Crippen LogP contribution in [0.5, 0.6) is 0 Å². The van der Waals surface area contributed by atoms with Gasteiger partial charge in [-0.05, 0) is 76.4 Å². The Hall–Kier alpha value is -1.82. The van der Waals surface area contributed by atoms with Crippen molar-refractivity contribution < 1.29 is 0 Å². The van der Waals surface area contributed by atoms with Crippen LogP contribution in [0.2, 0.25) is 0 Å². The lowest BCUT2D eigenvalue weighted by molar-refractivity contribution is 0.790. The highest BCUT2D eigenvalue weighted by Gasteiger charge is 2.20. The molecular formula is C20H18. The van der Waals surface area contributed by atoms with Crippen LogP contribution < -0.4 is 10.4 Å². The molecule has 20 heavy (non-hydrogen) atoms. The van der Waals surface area contributed by atoms with Crippen LogP contribution in [0.25, 0.3) is 28.5 Å². The molecule has 0 aromatic heterocycles. The van der Waals surface area contributed by atoms with Gasteiger partial charge in [0, 0.05) is 0 Å². The molecular weight excluding hydrogens is 240 g/mol. The molecule has 0 N–H and O–H groups in total. The minimum Gasteiger partial charge on any atom is -0.0795 e. The summed E-state index contributed by atoms with van der Waals surface area (Å²) in [7, 11) is 0. The molecule has 0 unspecified atom stereocenters. The Balaban J connectivity index is 2.14. The molecule has 0 saturated heterocycles. The smallest absolute Gasteiger partial charge is 0.00672 e. The van der Waals surface area contributed by atoms with Crippen LogP contribution in [0.3, 0.4) is 0 Å². The molecule has 3 aliphatic carbocycles. The number of hydrogen-bond donors (Lipinski definition) is 0. The van der Waals surface area contributed by atoms with Crippen LogP contribution in [0.15, 0.2) is 24.3 Å². The largest absolute Gasteiger partial charge is 0.0795 e. The maximum Gasteiger partial charge on any atom is -0.00672 e. The normalized spacial score (nSPS) is 18.9. The van der Waals surface area contributed by atoms with E-state index >= 15 is 0 Å². The summed E-state index contributed by atoms with van der Waals surface area (Å²) in [6, 6.07) is 6.87. The number of rotatable bonds is 0. The maximum absolute atomic E-state index is 2.51. The monoisotopic (exact) mass is 258 g/mol. The van der Waals surface area contributed by atoms with Gasteiger partial charge in [-0.2, -0.15) is 0 Å². The van der Waals surface area contributed by atoms with E-state index in [1.165, 1.54) is 43.1 Å². The molecule has 0 heteroatoms. The van der Waals surface area contributed by atoms with Crippen molar-refractivity contribution in [1.29, 1.82) is 0 Å². The van der Waals surface area contributed by atoms with Gasteiger partial charge in [0.2, 0.25) is 0 Å². The molecule has 0 aliphatic heterocycles. The summed E-state index contributed by atoms with van der Waals surface area (Å²) < 4.78 is 0. The topological polar surface area (TPSA) is 0 Å². The molecule has 0 bridgehead atoms. The fourth-order valence-electron chi connectivity index (χ4n) is 4.53. The third-order valence-electron chi connectivity index (χ3n) is 5.29. The Morgan fingerprint density at radius 3 is 2.95 bits per heavy atom. The van der Waals surface area contributed by atoms with E-state index < -0.39 is 0 Å². The Morgan fingerprint density at radius 1 is 0.950 bits per heavy atom. The third-order valence-corrected chi connectivity index (χ3v) is 5.29. The molecule has 0 amide bonds. The standard InChI is InChI=1S/C20H18/c1-5-13-6-2-11-17-18-12-4-8-14-7-3-10-16(20(14)18)15(9-1)19(13)17/h1-2,5-6,9,12H,3-4,7-8,10-11H2. The first kappa shape index (κ1) is 10.9. The second-order valence-corrected chi connectivity index (χ2v) is 6.32. The zero-order valence-corrected chi connectivity index (χ0v) is 11.7. The Morgan fingerprint density at radius 2 is 1.95 bits per heavy atom. The summed E-state index contributed by atoms with van der Waals surface area (Å²) in [6.07, 6.45) is 14.7. The summed E-state index contributed by atoms with van der Waals surface area (Å²) in [5.74, 6) is 0. The molecule has 0 heterocycles. The highest BCUT2D eigenvalue weighted by molar-refractivity contribution is 5.98. The highest BCUT2D eigenvalue weighted by Crippen LogP contribution is 2.31. The van der Waals surface area contributed by atoms with E-state index in [0.29, 0.717) is 0 Å². The Labute approximate surface area is 119 Å². The molecule has 0 saturated carbocycles. The van der Waals surface area contributed by atoms with E-state index in [-0.39, 0.29) is 0 Å². The fraction of sp³-hybridized carbons (Fsp3) is 0.300. The van der Waals surface area contributed by atoms with Crippen LogP contribution >= 0.6 is 0 Å². The van der Waals surface area contributed by atoms with Crippen molar-refractivity contribution in [3.63, 3.8) is 0 Å². The minimum atomic E-state index is 1.11. The zero-order chi connectivity index (χ0) is 13.1. The lowest BCUT2D eigenvalue weighted by atomic mass is 9.79. The van der Waals surface area contributed by atoms with Crippen molar-refractivity contribution in [1.82, 2.24) is 0 Å². The predicted octanol–water partition coefficient (Wildman–Crippen LogP) is 3.47. The van der Waals surface area contributed by atoms with Crippen molar-refractivity contribution in [3.05, 3.63) is 51.4 Å². The number of aryl methyl sites for hydroxylation is 1. The average molecular weight is 258 g/mol. The van der Waals surface area contributed by atoms with E-state index in [2.05, 4.69) is 36.4 Å². The Bertz CT molecular complexity index is 894. The zero-order valence-electron chi connectivity index (χ0n) is 11.7. The summed E-state index contributed by atoms with van der Waals surface area (Å²) in [6.45, 7) is 0. The van der Waals surface area contributed by atoms with Gasteiger partial charge in [-0.3, -0.25) is 0 Å². The first-order chi connectivity index (χ1) is 9.93. The summed E-state index contributed by atoms with van der Waals surface area (Å²) in [4.78, 5) is 0. The first-order valence-corrected chi connectivity index (χ1v) is 7.89. The van der Waals surface area contributed by atoms with Gasteiger partial charge in [0.15, 0.2) is 0 Å². The van der Waals surface area contributed by atoms with Gasteiger partial charge in [0.1, 0.15) is 0 Å². The van der Waals surface area contributed by atoms with Crippen LogP contribution in [0.4, 0.5) is 0 Å². The van der Waals surface area contributed by atoms with Gasteiger partial charge < -0.3 is 0 Å². The average Bonchev–Trinajstić information content (AvgIpc) is 2.52. The fourth-order valence-corrected chi connectivity index (χ4v) is 4.53. The quantitative estimate of drug-likeness (QED) is 0.679. The number of benzene rings is 2. The summed E-state index contributed by atoms with van der Waals surface area (Å²) in [5, 5.41) is 6.32. The molecule has 0 atom stereocenters. The molecule has 98 valence electrons. The molecule has 5 rings (SSSR count). The second kappa shape index (κ2) is 3.85. The van der Waals surface area contributed by atoms with Crippen LogP contribution in [0.1, 0.15) is 42.4 Å². The Kier molecular flexibility index (Phi) is 2.10. The van der Waals surface area contributed by atoms with Crippen LogP contribution in [-0.4, -0.2) is 0 Å². The first-order valence-electron chi connectivity index (χ1n) is 7.89. The van der Waals surface area contributed by atoms with Gasteiger partial charge in [-0.15, -0.1) is 0 Å². The predicted molar refractivity (Wildman–Crippen MR) is 86.0 cm³/mol. The second-order valence-electron chi connectivity index (χ2n) is 6.32. The van der Waals surface area contributed by atoms with Gasteiger partial charge in [0.25, 0.3) is 0 Å². The van der Waals surface area contributed by atoms with Crippen LogP contribution in [0, 0.1) is 0 Å². The molecule has 2 aromatic carbocycles. The molecule has 2 aromatic rings. The van der Waals surface area contributed by atoms with E-state index in [9.17, 15) is 0 Å². The molecule has 3 aliphatic rings. The molecule has 0 fully saturated rings. The van der Waals surface area contributed by atoms with Gasteiger partial charge in [-0.1, -0.05) is 42.0 Å². The summed E-state index contributed by atoms with van der Waals surface area (Å²) in [5.41, 5.74) is 6.40. The van der Waals surface area contributed by atoms with Crippen molar-refractivity contribution in [2.24, 2.45) is 0 Å². The lowest BCUT2D eigenvalue weighted by Crippen LogP contribution is -2.38. The van der Waals surface area contributed by atoms with E-state index in [4.69, 9.17) is 0 Å². The maximum atomic E-state index is 2.51. The van der Waals surface area contributed by atoms with Crippen LogP contribution in [-0.2, 0) is 12.8 Å².